The van der Waals surface area contributed by atoms with Crippen molar-refractivity contribution < 1.29 is 0 Å². The molecule has 0 aromatic heterocycles. The van der Waals surface area contributed by atoms with E-state index in [2.05, 4.69) is 60.4 Å². The molecule has 3 rings (SSSR count). The maximum absolute atomic E-state index is 6.34. The van der Waals surface area contributed by atoms with Crippen LogP contribution in [0, 0.1) is 5.92 Å². The first kappa shape index (κ1) is 14.2. The second-order valence-electron chi connectivity index (χ2n) is 6.19. The molecule has 2 aromatic rings. The van der Waals surface area contributed by atoms with Crippen molar-refractivity contribution in [2.24, 2.45) is 11.7 Å². The number of nitrogens with two attached hydrogens (primary N) is 1. The number of rotatable bonds is 4. The van der Waals surface area contributed by atoms with E-state index in [4.69, 9.17) is 5.73 Å². The number of hydrogen-bond donors (Lipinski definition) is 1. The smallest absolute Gasteiger partial charge is 0.0398 e. The van der Waals surface area contributed by atoms with Gasteiger partial charge in [0, 0.05) is 24.8 Å². The van der Waals surface area contributed by atoms with E-state index in [1.807, 2.05) is 6.07 Å². The van der Waals surface area contributed by atoms with Crippen molar-refractivity contribution in [1.29, 1.82) is 0 Å². The van der Waals surface area contributed by atoms with Crippen molar-refractivity contribution in [2.75, 3.05) is 18.0 Å². The Bertz CT molecular complexity index is 579. The third-order valence-electron chi connectivity index (χ3n) is 4.37. The van der Waals surface area contributed by atoms with Gasteiger partial charge in [-0.25, -0.2) is 0 Å². The topological polar surface area (TPSA) is 29.3 Å². The lowest BCUT2D eigenvalue weighted by Gasteiger charge is -2.35. The van der Waals surface area contributed by atoms with Gasteiger partial charge in [-0.1, -0.05) is 55.5 Å². The van der Waals surface area contributed by atoms with Crippen LogP contribution in [0.2, 0.25) is 0 Å². The first-order chi connectivity index (χ1) is 10.2. The van der Waals surface area contributed by atoms with Crippen LogP contribution in [0.4, 0.5) is 5.69 Å². The molecule has 2 atom stereocenters. The van der Waals surface area contributed by atoms with Gasteiger partial charge in [-0.05, 0) is 36.0 Å². The van der Waals surface area contributed by atoms with Crippen LogP contribution in [-0.2, 0) is 6.42 Å². The molecule has 0 saturated heterocycles. The Morgan fingerprint density at radius 1 is 1.10 bits per heavy atom. The Kier molecular flexibility index (Phi) is 4.26. The van der Waals surface area contributed by atoms with E-state index >= 15 is 0 Å². The van der Waals surface area contributed by atoms with Gasteiger partial charge in [0.2, 0.25) is 0 Å². The quantitative estimate of drug-likeness (QED) is 0.923. The molecule has 0 radical (unpaired) electrons. The Morgan fingerprint density at radius 2 is 1.81 bits per heavy atom. The second-order valence-corrected chi connectivity index (χ2v) is 6.19. The molecule has 21 heavy (non-hydrogen) atoms. The van der Waals surface area contributed by atoms with Crippen molar-refractivity contribution >= 4 is 5.69 Å². The van der Waals surface area contributed by atoms with Crippen molar-refractivity contribution in [3.63, 3.8) is 0 Å². The minimum Gasteiger partial charge on any atom is -0.371 e. The average molecular weight is 280 g/mol. The summed E-state index contributed by atoms with van der Waals surface area (Å²) in [6, 6.07) is 19.3. The Labute approximate surface area is 127 Å². The fourth-order valence-corrected chi connectivity index (χ4v) is 3.28. The van der Waals surface area contributed by atoms with Gasteiger partial charge < -0.3 is 10.6 Å². The van der Waals surface area contributed by atoms with Crippen molar-refractivity contribution in [3.05, 3.63) is 65.7 Å². The van der Waals surface area contributed by atoms with Crippen molar-refractivity contribution in [1.82, 2.24) is 0 Å². The first-order valence-corrected chi connectivity index (χ1v) is 7.87. The van der Waals surface area contributed by atoms with Crippen LogP contribution >= 0.6 is 0 Å². The lowest BCUT2D eigenvalue weighted by atomic mass is 9.93. The monoisotopic (exact) mass is 280 g/mol. The van der Waals surface area contributed by atoms with Crippen LogP contribution in [-0.4, -0.2) is 13.1 Å². The molecule has 0 amide bonds. The second kappa shape index (κ2) is 6.31. The zero-order valence-corrected chi connectivity index (χ0v) is 12.7. The van der Waals surface area contributed by atoms with E-state index in [0.717, 1.165) is 19.5 Å². The highest BCUT2D eigenvalue weighted by Crippen LogP contribution is 2.30. The lowest BCUT2D eigenvalue weighted by molar-refractivity contribution is 0.514. The molecule has 2 unspecified atom stereocenters. The zero-order valence-electron chi connectivity index (χ0n) is 12.7. The molecule has 2 nitrogen and oxygen atoms in total. The van der Waals surface area contributed by atoms with E-state index in [1.165, 1.54) is 23.2 Å². The van der Waals surface area contributed by atoms with Crippen molar-refractivity contribution in [3.8, 4) is 0 Å². The van der Waals surface area contributed by atoms with Crippen LogP contribution in [0.15, 0.2) is 54.6 Å². The van der Waals surface area contributed by atoms with Crippen molar-refractivity contribution in [2.45, 2.75) is 25.8 Å². The summed E-state index contributed by atoms with van der Waals surface area (Å²) in [4.78, 5) is 2.51. The summed E-state index contributed by atoms with van der Waals surface area (Å²) in [6.45, 7) is 4.50. The minimum atomic E-state index is 0.121. The van der Waals surface area contributed by atoms with Gasteiger partial charge in [0.05, 0.1) is 0 Å². The highest BCUT2D eigenvalue weighted by atomic mass is 15.1. The Morgan fingerprint density at radius 3 is 2.62 bits per heavy atom. The van der Waals surface area contributed by atoms with E-state index in [-0.39, 0.29) is 6.04 Å². The predicted octanol–water partition coefficient (Wildman–Crippen LogP) is 3.78. The molecule has 0 saturated carbocycles. The fourth-order valence-electron chi connectivity index (χ4n) is 3.28. The van der Waals surface area contributed by atoms with Gasteiger partial charge >= 0.3 is 0 Å². The van der Waals surface area contributed by atoms with E-state index in [1.54, 1.807) is 0 Å². The molecule has 2 aromatic carbocycles. The molecular formula is C19H24N2. The number of fused-ring (bicyclic) bond motifs is 1. The van der Waals surface area contributed by atoms with Gasteiger partial charge in [-0.2, -0.15) is 0 Å². The number of benzene rings is 2. The molecule has 0 fully saturated rings. The molecule has 2 N–H and O–H groups in total. The van der Waals surface area contributed by atoms with Gasteiger partial charge in [0.1, 0.15) is 0 Å². The van der Waals surface area contributed by atoms with Crippen LogP contribution in [0.3, 0.4) is 0 Å². The summed E-state index contributed by atoms with van der Waals surface area (Å²) in [6.07, 6.45) is 2.18. The van der Waals surface area contributed by atoms with E-state index < -0.39 is 0 Å². The number of nitrogens with zero attached hydrogens (tertiary/aromatic N) is 1. The zero-order chi connectivity index (χ0) is 14.7. The highest BCUT2D eigenvalue weighted by molar-refractivity contribution is 5.55. The number of para-hydroxylation sites is 1. The van der Waals surface area contributed by atoms with E-state index in [9.17, 15) is 0 Å². The SMILES string of the molecule is CC1Cc2ccccc2N(CCC(N)c2ccccc2)C1. The Hall–Kier alpha value is -1.80. The van der Waals surface area contributed by atoms with Gasteiger partial charge in [0.25, 0.3) is 0 Å². The average Bonchev–Trinajstić information content (AvgIpc) is 2.53. The maximum Gasteiger partial charge on any atom is 0.0398 e. The molecule has 110 valence electrons. The number of anilines is 1. The number of hydrogen-bond acceptors (Lipinski definition) is 2. The Balaban J connectivity index is 1.68. The van der Waals surface area contributed by atoms with Gasteiger partial charge in [0.15, 0.2) is 0 Å². The molecular weight excluding hydrogens is 256 g/mol. The molecule has 1 aliphatic heterocycles. The normalized spacial score (nSPS) is 19.1. The molecule has 1 aliphatic rings. The first-order valence-electron chi connectivity index (χ1n) is 7.87. The minimum absolute atomic E-state index is 0.121. The van der Waals surface area contributed by atoms with E-state index in [0.29, 0.717) is 5.92 Å². The van der Waals surface area contributed by atoms with Crippen LogP contribution < -0.4 is 10.6 Å². The summed E-state index contributed by atoms with van der Waals surface area (Å²) in [5, 5.41) is 0. The summed E-state index contributed by atoms with van der Waals surface area (Å²) >= 11 is 0. The summed E-state index contributed by atoms with van der Waals surface area (Å²) in [5.74, 6) is 0.716. The summed E-state index contributed by atoms with van der Waals surface area (Å²) < 4.78 is 0. The standard InChI is InChI=1S/C19H24N2/c1-15-13-17-9-5-6-10-19(17)21(14-15)12-11-18(20)16-7-3-2-4-8-16/h2-10,15,18H,11-14,20H2,1H3. The van der Waals surface area contributed by atoms with Crippen LogP contribution in [0.25, 0.3) is 0 Å². The summed E-state index contributed by atoms with van der Waals surface area (Å²) in [7, 11) is 0. The third-order valence-corrected chi connectivity index (χ3v) is 4.37. The summed E-state index contributed by atoms with van der Waals surface area (Å²) in [5.41, 5.74) is 10.4. The molecule has 0 spiro atoms. The molecule has 0 aliphatic carbocycles. The molecule has 2 heteroatoms. The van der Waals surface area contributed by atoms with Crippen LogP contribution in [0.1, 0.15) is 30.5 Å². The fraction of sp³-hybridized carbons (Fsp3) is 0.368. The third kappa shape index (κ3) is 3.27. The van der Waals surface area contributed by atoms with Gasteiger partial charge in [-0.3, -0.25) is 0 Å². The van der Waals surface area contributed by atoms with Gasteiger partial charge in [-0.15, -0.1) is 0 Å². The predicted molar refractivity (Wildman–Crippen MR) is 89.5 cm³/mol. The lowest BCUT2D eigenvalue weighted by Crippen LogP contribution is -2.36. The largest absolute Gasteiger partial charge is 0.371 e. The highest BCUT2D eigenvalue weighted by Gasteiger charge is 2.21. The van der Waals surface area contributed by atoms with Crippen LogP contribution in [0.5, 0.6) is 0 Å². The molecule has 0 bridgehead atoms. The molecule has 1 heterocycles. The maximum atomic E-state index is 6.34.